The Morgan fingerprint density at radius 2 is 2.08 bits per heavy atom. The molecule has 2 saturated heterocycles. The van der Waals surface area contributed by atoms with Gasteiger partial charge < -0.3 is 20.3 Å². The van der Waals surface area contributed by atoms with Crippen LogP contribution >= 0.6 is 0 Å². The number of aromatic nitrogens is 1. The number of rotatable bonds is 6. The van der Waals surface area contributed by atoms with Crippen LogP contribution in [-0.4, -0.2) is 57.3 Å². The minimum absolute atomic E-state index is 0.0403. The number of methoxy groups -OCH3 is 1. The Morgan fingerprint density at radius 3 is 2.71 bits per heavy atom. The third-order valence-electron chi connectivity index (χ3n) is 5.18. The highest BCUT2D eigenvalue weighted by Gasteiger charge is 2.32. The molecule has 0 bridgehead atoms. The molecule has 3 heterocycles. The van der Waals surface area contributed by atoms with Gasteiger partial charge in [-0.25, -0.2) is 4.98 Å². The fourth-order valence-electron chi connectivity index (χ4n) is 3.66. The summed E-state index contributed by atoms with van der Waals surface area (Å²) in [6.07, 6.45) is 6.18. The lowest BCUT2D eigenvalue weighted by molar-refractivity contribution is 0.0511. The molecule has 0 unspecified atom stereocenters. The average Bonchev–Trinajstić information content (AvgIpc) is 3.16. The van der Waals surface area contributed by atoms with Crippen molar-refractivity contribution in [2.24, 2.45) is 5.41 Å². The first kappa shape index (κ1) is 17.2. The van der Waals surface area contributed by atoms with Gasteiger partial charge in [0.25, 0.3) is 5.91 Å². The van der Waals surface area contributed by atoms with Gasteiger partial charge in [-0.3, -0.25) is 4.79 Å². The largest absolute Gasteiger partial charge is 0.384 e. The molecule has 0 aromatic carbocycles. The van der Waals surface area contributed by atoms with Gasteiger partial charge in [-0.2, -0.15) is 0 Å². The highest BCUT2D eigenvalue weighted by Crippen LogP contribution is 2.28. The molecule has 1 aromatic heterocycles. The van der Waals surface area contributed by atoms with Crippen LogP contribution in [0.3, 0.4) is 0 Å². The number of anilines is 1. The molecule has 1 aromatic rings. The molecule has 2 fully saturated rings. The molecule has 0 radical (unpaired) electrons. The number of hydrogen-bond donors (Lipinski definition) is 2. The number of amides is 1. The third kappa shape index (κ3) is 4.05. The summed E-state index contributed by atoms with van der Waals surface area (Å²) in [5.74, 6) is 0.919. The lowest BCUT2D eigenvalue weighted by Crippen LogP contribution is -2.47. The summed E-state index contributed by atoms with van der Waals surface area (Å²) < 4.78 is 5.40. The van der Waals surface area contributed by atoms with Crippen LogP contribution in [0.1, 0.15) is 36.0 Å². The van der Waals surface area contributed by atoms with Crippen molar-refractivity contribution in [3.05, 3.63) is 23.9 Å². The molecule has 0 spiro atoms. The van der Waals surface area contributed by atoms with Crippen molar-refractivity contribution >= 4 is 11.7 Å². The fourth-order valence-corrected chi connectivity index (χ4v) is 3.66. The van der Waals surface area contributed by atoms with E-state index in [0.29, 0.717) is 18.7 Å². The third-order valence-corrected chi connectivity index (χ3v) is 5.18. The van der Waals surface area contributed by atoms with Gasteiger partial charge in [0.2, 0.25) is 0 Å². The molecule has 6 nitrogen and oxygen atoms in total. The van der Waals surface area contributed by atoms with Crippen LogP contribution in [0, 0.1) is 5.41 Å². The molecular weight excluding hydrogens is 304 g/mol. The van der Waals surface area contributed by atoms with Crippen molar-refractivity contribution in [2.45, 2.75) is 25.7 Å². The number of piperidine rings is 1. The van der Waals surface area contributed by atoms with Crippen LogP contribution in [0.2, 0.25) is 0 Å². The molecule has 2 aliphatic rings. The maximum atomic E-state index is 12.4. The smallest absolute Gasteiger partial charge is 0.252 e. The van der Waals surface area contributed by atoms with Crippen molar-refractivity contribution in [1.29, 1.82) is 0 Å². The highest BCUT2D eigenvalue weighted by atomic mass is 16.5. The van der Waals surface area contributed by atoms with Crippen molar-refractivity contribution in [3.63, 3.8) is 0 Å². The van der Waals surface area contributed by atoms with Crippen molar-refractivity contribution in [1.82, 2.24) is 15.6 Å². The average molecular weight is 332 g/mol. The van der Waals surface area contributed by atoms with E-state index in [-0.39, 0.29) is 11.3 Å². The number of hydrogen-bond acceptors (Lipinski definition) is 5. The normalized spacial score (nSPS) is 20.1. The predicted molar refractivity (Wildman–Crippen MR) is 94.4 cm³/mol. The van der Waals surface area contributed by atoms with Gasteiger partial charge >= 0.3 is 0 Å². The second kappa shape index (κ2) is 7.94. The summed E-state index contributed by atoms with van der Waals surface area (Å²) >= 11 is 0. The van der Waals surface area contributed by atoms with Gasteiger partial charge in [-0.15, -0.1) is 0 Å². The summed E-state index contributed by atoms with van der Waals surface area (Å²) in [4.78, 5) is 19.2. The predicted octanol–water partition coefficient (Wildman–Crippen LogP) is 1.43. The number of ether oxygens (including phenoxy) is 1. The Hall–Kier alpha value is -1.66. The molecule has 0 aliphatic carbocycles. The monoisotopic (exact) mass is 332 g/mol. The Labute approximate surface area is 144 Å². The van der Waals surface area contributed by atoms with E-state index in [0.717, 1.165) is 44.8 Å². The van der Waals surface area contributed by atoms with Crippen LogP contribution in [0.4, 0.5) is 5.82 Å². The van der Waals surface area contributed by atoms with Crippen LogP contribution in [0.5, 0.6) is 0 Å². The maximum absolute atomic E-state index is 12.4. The Kier molecular flexibility index (Phi) is 5.68. The standard InChI is InChI=1S/C18H28N4O2/c1-24-14-18(6-8-19-9-7-18)13-21-17(23)15-4-5-16(20-12-15)22-10-2-3-11-22/h4-5,12,19H,2-3,6-11,13-14H2,1H3,(H,21,23). The van der Waals surface area contributed by atoms with Gasteiger partial charge in [-0.05, 0) is 50.9 Å². The Morgan fingerprint density at radius 1 is 1.33 bits per heavy atom. The minimum atomic E-state index is -0.0514. The van der Waals surface area contributed by atoms with E-state index in [4.69, 9.17) is 4.74 Å². The SMILES string of the molecule is COCC1(CNC(=O)c2ccc(N3CCCC3)nc2)CCNCC1. The first-order chi connectivity index (χ1) is 11.7. The number of nitrogens with one attached hydrogen (secondary N) is 2. The zero-order valence-electron chi connectivity index (χ0n) is 14.5. The molecular formula is C18H28N4O2. The zero-order chi connectivity index (χ0) is 16.8. The second-order valence-electron chi connectivity index (χ2n) is 6.96. The van der Waals surface area contributed by atoms with Crippen molar-refractivity contribution in [3.8, 4) is 0 Å². The summed E-state index contributed by atoms with van der Waals surface area (Å²) in [5.41, 5.74) is 0.665. The van der Waals surface area contributed by atoms with Crippen LogP contribution < -0.4 is 15.5 Å². The number of nitrogens with zero attached hydrogens (tertiary/aromatic N) is 2. The van der Waals surface area contributed by atoms with E-state index in [1.807, 2.05) is 12.1 Å². The quantitative estimate of drug-likeness (QED) is 0.825. The van der Waals surface area contributed by atoms with Gasteiger partial charge in [0.15, 0.2) is 0 Å². The van der Waals surface area contributed by atoms with Gasteiger partial charge in [-0.1, -0.05) is 0 Å². The van der Waals surface area contributed by atoms with Crippen LogP contribution in [0.15, 0.2) is 18.3 Å². The second-order valence-corrected chi connectivity index (χ2v) is 6.96. The molecule has 24 heavy (non-hydrogen) atoms. The Bertz CT molecular complexity index is 529. The maximum Gasteiger partial charge on any atom is 0.252 e. The topological polar surface area (TPSA) is 66.5 Å². The van der Waals surface area contributed by atoms with E-state index in [1.54, 1.807) is 13.3 Å². The molecule has 6 heteroatoms. The lowest BCUT2D eigenvalue weighted by atomic mass is 9.79. The molecule has 0 saturated carbocycles. The van der Waals surface area contributed by atoms with Gasteiger partial charge in [0.1, 0.15) is 5.82 Å². The molecule has 0 atom stereocenters. The first-order valence-corrected chi connectivity index (χ1v) is 8.91. The van der Waals surface area contributed by atoms with Crippen LogP contribution in [-0.2, 0) is 4.74 Å². The molecule has 2 aliphatic heterocycles. The summed E-state index contributed by atoms with van der Waals surface area (Å²) in [7, 11) is 1.73. The van der Waals surface area contributed by atoms with E-state index in [2.05, 4.69) is 20.5 Å². The molecule has 132 valence electrons. The number of carbonyl (C=O) groups excluding carboxylic acids is 1. The highest BCUT2D eigenvalue weighted by molar-refractivity contribution is 5.94. The van der Waals surface area contributed by atoms with Gasteiger partial charge in [0, 0.05) is 38.4 Å². The van der Waals surface area contributed by atoms with Gasteiger partial charge in [0.05, 0.1) is 12.2 Å². The minimum Gasteiger partial charge on any atom is -0.384 e. The molecule has 2 N–H and O–H groups in total. The summed E-state index contributed by atoms with van der Waals surface area (Å²) in [5, 5.41) is 6.45. The van der Waals surface area contributed by atoms with E-state index in [1.165, 1.54) is 12.8 Å². The summed E-state index contributed by atoms with van der Waals surface area (Å²) in [6, 6.07) is 3.83. The van der Waals surface area contributed by atoms with Crippen molar-refractivity contribution < 1.29 is 9.53 Å². The molecule has 3 rings (SSSR count). The first-order valence-electron chi connectivity index (χ1n) is 8.91. The lowest BCUT2D eigenvalue weighted by Gasteiger charge is -2.37. The Balaban J connectivity index is 1.57. The fraction of sp³-hybridized carbons (Fsp3) is 0.667. The zero-order valence-corrected chi connectivity index (χ0v) is 14.5. The van der Waals surface area contributed by atoms with Crippen LogP contribution in [0.25, 0.3) is 0 Å². The number of pyridine rings is 1. The van der Waals surface area contributed by atoms with E-state index < -0.39 is 0 Å². The molecule has 1 amide bonds. The number of carbonyl (C=O) groups is 1. The summed E-state index contributed by atoms with van der Waals surface area (Å²) in [6.45, 7) is 5.41. The van der Waals surface area contributed by atoms with E-state index >= 15 is 0 Å². The van der Waals surface area contributed by atoms with E-state index in [9.17, 15) is 4.79 Å². The van der Waals surface area contributed by atoms with Crippen molar-refractivity contribution in [2.75, 3.05) is 51.3 Å².